The lowest BCUT2D eigenvalue weighted by Gasteiger charge is -2.09. The predicted molar refractivity (Wildman–Crippen MR) is 104 cm³/mol. The van der Waals surface area contributed by atoms with Crippen molar-refractivity contribution in [2.24, 2.45) is 0 Å². The molecular weight excluding hydrogens is 350 g/mol. The number of carboxylic acids is 1. The highest BCUT2D eigenvalue weighted by molar-refractivity contribution is 7.19. The topological polar surface area (TPSA) is 68.7 Å². The summed E-state index contributed by atoms with van der Waals surface area (Å²) in [5.74, 6) is 0.448. The maximum atomic E-state index is 11.1. The Bertz CT molecular complexity index is 928. The Morgan fingerprint density at radius 2 is 1.88 bits per heavy atom. The molecule has 1 aromatic heterocycles. The number of thiazole rings is 1. The number of rotatable bonds is 7. The molecule has 0 amide bonds. The molecular formula is C20H19NO4S. The average molecular weight is 369 g/mol. The Morgan fingerprint density at radius 1 is 1.12 bits per heavy atom. The molecule has 1 N–H and O–H groups in total. The van der Waals surface area contributed by atoms with Gasteiger partial charge < -0.3 is 14.6 Å². The van der Waals surface area contributed by atoms with Crippen LogP contribution in [0.4, 0.5) is 0 Å². The van der Waals surface area contributed by atoms with Crippen LogP contribution >= 0.6 is 11.3 Å². The number of hydrogen-bond acceptors (Lipinski definition) is 5. The highest BCUT2D eigenvalue weighted by atomic mass is 32.1. The third-order valence-electron chi connectivity index (χ3n) is 3.93. The number of methoxy groups -OCH3 is 2. The molecule has 134 valence electrons. The van der Waals surface area contributed by atoms with Crippen molar-refractivity contribution in [2.45, 2.75) is 12.8 Å². The summed E-state index contributed by atoms with van der Waals surface area (Å²) >= 11 is 1.57. The molecule has 26 heavy (non-hydrogen) atoms. The van der Waals surface area contributed by atoms with Crippen LogP contribution in [0.15, 0.2) is 42.5 Å². The van der Waals surface area contributed by atoms with Crippen molar-refractivity contribution in [3.8, 4) is 11.5 Å². The van der Waals surface area contributed by atoms with Gasteiger partial charge in [-0.2, -0.15) is 0 Å². The van der Waals surface area contributed by atoms with Crippen molar-refractivity contribution in [1.82, 2.24) is 4.98 Å². The number of aromatic nitrogens is 1. The maximum absolute atomic E-state index is 11.1. The molecule has 6 heteroatoms. The molecule has 0 aliphatic rings. The molecule has 0 atom stereocenters. The van der Waals surface area contributed by atoms with Gasteiger partial charge in [0, 0.05) is 6.42 Å². The van der Waals surface area contributed by atoms with Crippen molar-refractivity contribution < 1.29 is 19.4 Å². The van der Waals surface area contributed by atoms with E-state index in [9.17, 15) is 4.79 Å². The standard InChI is InChI=1S/C20H19NO4S/c1-24-16-9-7-13(12-17(16)25-2)11-14(8-10-19(22)23)20-21-15-5-3-4-6-18(15)26-20/h3-7,9,11-12H,8,10H2,1-2H3,(H,22,23)/b14-11-. The molecule has 2 aromatic carbocycles. The Kier molecular flexibility index (Phi) is 5.53. The van der Waals surface area contributed by atoms with E-state index in [1.807, 2.05) is 48.5 Å². The van der Waals surface area contributed by atoms with Crippen molar-refractivity contribution in [1.29, 1.82) is 0 Å². The summed E-state index contributed by atoms with van der Waals surface area (Å²) in [5, 5.41) is 9.92. The summed E-state index contributed by atoms with van der Waals surface area (Å²) in [6.45, 7) is 0. The summed E-state index contributed by atoms with van der Waals surface area (Å²) in [4.78, 5) is 15.7. The monoisotopic (exact) mass is 369 g/mol. The molecule has 3 aromatic rings. The number of benzene rings is 2. The SMILES string of the molecule is COc1ccc(/C=C(/CCC(=O)O)c2nc3ccccc3s2)cc1OC. The molecule has 0 radical (unpaired) electrons. The van der Waals surface area contributed by atoms with Gasteiger partial charge in [0.05, 0.1) is 24.4 Å². The minimum atomic E-state index is -0.829. The summed E-state index contributed by atoms with van der Waals surface area (Å²) < 4.78 is 11.7. The minimum absolute atomic E-state index is 0.0506. The van der Waals surface area contributed by atoms with E-state index in [4.69, 9.17) is 14.6 Å². The molecule has 0 saturated carbocycles. The molecule has 0 bridgehead atoms. The first-order valence-corrected chi connectivity index (χ1v) is 8.92. The Hall–Kier alpha value is -2.86. The second-order valence-electron chi connectivity index (χ2n) is 5.66. The molecule has 1 heterocycles. The van der Waals surface area contributed by atoms with E-state index in [2.05, 4.69) is 4.98 Å². The lowest BCUT2D eigenvalue weighted by molar-refractivity contribution is -0.136. The molecule has 0 saturated heterocycles. The zero-order valence-corrected chi connectivity index (χ0v) is 15.4. The summed E-state index contributed by atoms with van der Waals surface area (Å²) in [5.41, 5.74) is 2.71. The summed E-state index contributed by atoms with van der Waals surface area (Å²) in [7, 11) is 3.18. The van der Waals surface area contributed by atoms with Gasteiger partial charge in [0.2, 0.25) is 0 Å². The van der Waals surface area contributed by atoms with Gasteiger partial charge in [0.1, 0.15) is 5.01 Å². The zero-order valence-electron chi connectivity index (χ0n) is 14.6. The summed E-state index contributed by atoms with van der Waals surface area (Å²) in [6.07, 6.45) is 2.42. The van der Waals surface area contributed by atoms with E-state index in [1.54, 1.807) is 25.6 Å². The lowest BCUT2D eigenvalue weighted by atomic mass is 10.1. The van der Waals surface area contributed by atoms with Gasteiger partial charge in [-0.1, -0.05) is 18.2 Å². The van der Waals surface area contributed by atoms with E-state index in [-0.39, 0.29) is 6.42 Å². The van der Waals surface area contributed by atoms with Crippen LogP contribution in [0.1, 0.15) is 23.4 Å². The van der Waals surface area contributed by atoms with E-state index < -0.39 is 5.97 Å². The van der Waals surface area contributed by atoms with Crippen molar-refractivity contribution in [3.63, 3.8) is 0 Å². The number of carbonyl (C=O) groups is 1. The molecule has 0 fully saturated rings. The van der Waals surface area contributed by atoms with Crippen LogP contribution in [0.5, 0.6) is 11.5 Å². The highest BCUT2D eigenvalue weighted by Crippen LogP contribution is 2.33. The fraction of sp³-hybridized carbons (Fsp3) is 0.200. The number of hydrogen-bond donors (Lipinski definition) is 1. The van der Waals surface area contributed by atoms with Gasteiger partial charge in [0.25, 0.3) is 0 Å². The molecule has 5 nitrogen and oxygen atoms in total. The van der Waals surface area contributed by atoms with E-state index in [0.29, 0.717) is 17.9 Å². The second-order valence-corrected chi connectivity index (χ2v) is 6.70. The van der Waals surface area contributed by atoms with Crippen LogP contribution in [-0.4, -0.2) is 30.3 Å². The normalized spacial score (nSPS) is 11.5. The number of aliphatic carboxylic acids is 1. The van der Waals surface area contributed by atoms with Crippen LogP contribution in [0.3, 0.4) is 0 Å². The first-order chi connectivity index (χ1) is 12.6. The van der Waals surface area contributed by atoms with Crippen molar-refractivity contribution >= 4 is 39.2 Å². The van der Waals surface area contributed by atoms with Gasteiger partial charge in [-0.25, -0.2) is 4.98 Å². The van der Waals surface area contributed by atoms with E-state index in [0.717, 1.165) is 26.4 Å². The maximum Gasteiger partial charge on any atom is 0.303 e. The molecule has 0 spiro atoms. The van der Waals surface area contributed by atoms with Crippen LogP contribution in [0.2, 0.25) is 0 Å². The van der Waals surface area contributed by atoms with Crippen molar-refractivity contribution in [3.05, 3.63) is 53.0 Å². The van der Waals surface area contributed by atoms with Crippen LogP contribution in [-0.2, 0) is 4.79 Å². The smallest absolute Gasteiger partial charge is 0.303 e. The third-order valence-corrected chi connectivity index (χ3v) is 5.04. The Morgan fingerprint density at radius 3 is 2.58 bits per heavy atom. The predicted octanol–water partition coefficient (Wildman–Crippen LogP) is 4.72. The van der Waals surface area contributed by atoms with Crippen LogP contribution in [0.25, 0.3) is 21.9 Å². The van der Waals surface area contributed by atoms with Gasteiger partial charge in [-0.15, -0.1) is 11.3 Å². The van der Waals surface area contributed by atoms with E-state index in [1.165, 1.54) is 0 Å². The number of carboxylic acid groups (broad SMARTS) is 1. The zero-order chi connectivity index (χ0) is 18.5. The first kappa shape index (κ1) is 17.9. The first-order valence-electron chi connectivity index (χ1n) is 8.11. The number of fused-ring (bicyclic) bond motifs is 1. The molecule has 0 aliphatic heterocycles. The van der Waals surface area contributed by atoms with Crippen LogP contribution < -0.4 is 9.47 Å². The Balaban J connectivity index is 2.02. The Labute approximate surface area is 155 Å². The number of nitrogens with zero attached hydrogens (tertiary/aromatic N) is 1. The molecule has 0 unspecified atom stereocenters. The van der Waals surface area contributed by atoms with Gasteiger partial charge in [-0.3, -0.25) is 4.79 Å². The molecule has 3 rings (SSSR count). The highest BCUT2D eigenvalue weighted by Gasteiger charge is 2.12. The van der Waals surface area contributed by atoms with Gasteiger partial charge in [0.15, 0.2) is 11.5 Å². The molecule has 0 aliphatic carbocycles. The van der Waals surface area contributed by atoms with Crippen LogP contribution in [0, 0.1) is 0 Å². The fourth-order valence-corrected chi connectivity index (χ4v) is 3.65. The minimum Gasteiger partial charge on any atom is -0.493 e. The summed E-state index contributed by atoms with van der Waals surface area (Å²) in [6, 6.07) is 13.5. The van der Waals surface area contributed by atoms with Gasteiger partial charge in [-0.05, 0) is 47.9 Å². The number of ether oxygens (including phenoxy) is 2. The lowest BCUT2D eigenvalue weighted by Crippen LogP contribution is -1.96. The van der Waals surface area contributed by atoms with Gasteiger partial charge >= 0.3 is 5.97 Å². The second kappa shape index (κ2) is 8.01. The third kappa shape index (κ3) is 4.03. The number of para-hydroxylation sites is 1. The number of allylic oxidation sites excluding steroid dienone is 1. The van der Waals surface area contributed by atoms with E-state index >= 15 is 0 Å². The van der Waals surface area contributed by atoms with Crippen molar-refractivity contribution in [2.75, 3.05) is 14.2 Å². The quantitative estimate of drug-likeness (QED) is 0.653. The fourth-order valence-electron chi connectivity index (χ4n) is 2.64. The average Bonchev–Trinajstić information content (AvgIpc) is 3.08. The largest absolute Gasteiger partial charge is 0.493 e.